The van der Waals surface area contributed by atoms with Crippen LogP contribution in [0.25, 0.3) is 10.9 Å². The molecule has 1 spiro atoms. The molecule has 3 aromatic rings. The van der Waals surface area contributed by atoms with Crippen molar-refractivity contribution in [1.29, 1.82) is 0 Å². The van der Waals surface area contributed by atoms with Gasteiger partial charge in [0.05, 0.1) is 19.8 Å². The Balaban J connectivity index is 1.36. The van der Waals surface area contributed by atoms with Gasteiger partial charge in [-0.25, -0.2) is 4.39 Å². The molecular formula is C30H36FN3O4. The molecule has 2 saturated heterocycles. The molecule has 7 nitrogen and oxygen atoms in total. The van der Waals surface area contributed by atoms with E-state index in [2.05, 4.69) is 16.0 Å². The average Bonchev–Trinajstić information content (AvgIpc) is 3.34. The monoisotopic (exact) mass is 521 g/mol. The number of fused-ring (bicyclic) bond motifs is 4. The maximum Gasteiger partial charge on any atom is 0.226 e. The lowest BCUT2D eigenvalue weighted by Crippen LogP contribution is -2.56. The number of benzene rings is 2. The molecule has 1 atom stereocenters. The zero-order valence-corrected chi connectivity index (χ0v) is 21.9. The molecule has 38 heavy (non-hydrogen) atoms. The Morgan fingerprint density at radius 1 is 1.18 bits per heavy atom. The molecule has 2 N–H and O–H groups in total. The van der Waals surface area contributed by atoms with Gasteiger partial charge in [0.1, 0.15) is 11.6 Å². The number of hydrogen-bond acceptors (Lipinski definition) is 5. The fraction of sp³-hybridized carbons (Fsp3) is 0.500. The van der Waals surface area contributed by atoms with Gasteiger partial charge in [-0.2, -0.15) is 0 Å². The molecule has 0 bridgehead atoms. The van der Waals surface area contributed by atoms with Crippen molar-refractivity contribution < 1.29 is 23.8 Å². The van der Waals surface area contributed by atoms with E-state index >= 15 is 0 Å². The van der Waals surface area contributed by atoms with Crippen molar-refractivity contribution in [1.82, 2.24) is 14.8 Å². The third-order valence-electron chi connectivity index (χ3n) is 8.88. The minimum absolute atomic E-state index is 0.0751. The number of carbonyl (C=O) groups excluding carboxylic acids is 1. The molecule has 1 amide bonds. The summed E-state index contributed by atoms with van der Waals surface area (Å²) in [6, 6.07) is 12.5. The quantitative estimate of drug-likeness (QED) is 0.528. The molecule has 2 fully saturated rings. The van der Waals surface area contributed by atoms with Crippen molar-refractivity contribution in [2.24, 2.45) is 5.92 Å². The molecule has 2 aromatic carbocycles. The van der Waals surface area contributed by atoms with Gasteiger partial charge >= 0.3 is 0 Å². The summed E-state index contributed by atoms with van der Waals surface area (Å²) >= 11 is 0. The maximum absolute atomic E-state index is 13.9. The van der Waals surface area contributed by atoms with E-state index in [0.717, 1.165) is 66.7 Å². The van der Waals surface area contributed by atoms with E-state index < -0.39 is 6.04 Å². The van der Waals surface area contributed by atoms with Gasteiger partial charge < -0.3 is 24.5 Å². The highest BCUT2D eigenvalue weighted by Gasteiger charge is 2.49. The fourth-order valence-electron chi connectivity index (χ4n) is 6.86. The van der Waals surface area contributed by atoms with Crippen molar-refractivity contribution in [2.75, 3.05) is 46.6 Å². The highest BCUT2D eigenvalue weighted by atomic mass is 19.1. The minimum atomic E-state index is -0.408. The van der Waals surface area contributed by atoms with Gasteiger partial charge in [0, 0.05) is 60.3 Å². The Morgan fingerprint density at radius 3 is 2.68 bits per heavy atom. The first-order valence-corrected chi connectivity index (χ1v) is 13.7. The van der Waals surface area contributed by atoms with Crippen molar-refractivity contribution in [3.63, 3.8) is 0 Å². The van der Waals surface area contributed by atoms with Gasteiger partial charge in [-0.15, -0.1) is 0 Å². The predicted octanol–water partition coefficient (Wildman–Crippen LogP) is 4.15. The number of aliphatic hydroxyl groups excluding tert-OH is 1. The second-order valence-corrected chi connectivity index (χ2v) is 11.1. The largest absolute Gasteiger partial charge is 0.497 e. The Morgan fingerprint density at radius 2 is 1.97 bits per heavy atom. The van der Waals surface area contributed by atoms with Crippen LogP contribution in [0, 0.1) is 11.7 Å². The number of amides is 1. The van der Waals surface area contributed by atoms with E-state index in [4.69, 9.17) is 9.47 Å². The molecular weight excluding hydrogens is 485 g/mol. The number of ether oxygens (including phenoxy) is 2. The lowest BCUT2D eigenvalue weighted by Gasteiger charge is -2.51. The third kappa shape index (κ3) is 4.48. The van der Waals surface area contributed by atoms with Crippen LogP contribution < -0.4 is 4.74 Å². The molecule has 0 saturated carbocycles. The molecule has 3 aliphatic rings. The van der Waals surface area contributed by atoms with Crippen LogP contribution in [-0.2, 0) is 21.5 Å². The first kappa shape index (κ1) is 25.3. The van der Waals surface area contributed by atoms with E-state index in [-0.39, 0.29) is 29.7 Å². The number of halogens is 1. The number of carbonyl (C=O) groups is 1. The molecule has 202 valence electrons. The molecule has 0 unspecified atom stereocenters. The summed E-state index contributed by atoms with van der Waals surface area (Å²) in [4.78, 5) is 21.8. The average molecular weight is 522 g/mol. The molecule has 0 aliphatic carbocycles. The van der Waals surface area contributed by atoms with Crippen LogP contribution in [0.2, 0.25) is 0 Å². The normalized spacial score (nSPS) is 22.1. The topological polar surface area (TPSA) is 78.0 Å². The summed E-state index contributed by atoms with van der Waals surface area (Å²) in [6.07, 6.45) is 3.20. The number of nitrogens with zero attached hydrogens (tertiary/aromatic N) is 2. The zero-order chi connectivity index (χ0) is 26.3. The van der Waals surface area contributed by atoms with E-state index in [9.17, 15) is 14.3 Å². The summed E-state index contributed by atoms with van der Waals surface area (Å²) in [5, 5.41) is 11.7. The van der Waals surface area contributed by atoms with Crippen LogP contribution in [0.3, 0.4) is 0 Å². The minimum Gasteiger partial charge on any atom is -0.497 e. The highest BCUT2D eigenvalue weighted by Crippen LogP contribution is 2.49. The lowest BCUT2D eigenvalue weighted by molar-refractivity contribution is -0.144. The number of aliphatic hydroxyl groups is 1. The Kier molecular flexibility index (Phi) is 6.88. The Bertz CT molecular complexity index is 1310. The van der Waals surface area contributed by atoms with Gasteiger partial charge in [0.15, 0.2) is 0 Å². The van der Waals surface area contributed by atoms with Gasteiger partial charge in [-0.3, -0.25) is 9.69 Å². The first-order chi connectivity index (χ1) is 18.5. The van der Waals surface area contributed by atoms with Crippen LogP contribution in [0.5, 0.6) is 5.75 Å². The summed E-state index contributed by atoms with van der Waals surface area (Å²) in [6.45, 7) is 4.07. The number of nitrogens with one attached hydrogen (secondary N) is 1. The summed E-state index contributed by atoms with van der Waals surface area (Å²) in [5.41, 5.74) is 3.89. The summed E-state index contributed by atoms with van der Waals surface area (Å²) in [7, 11) is 1.66. The second-order valence-electron chi connectivity index (χ2n) is 11.1. The number of rotatable bonds is 5. The summed E-state index contributed by atoms with van der Waals surface area (Å²) < 4.78 is 24.8. The lowest BCUT2D eigenvalue weighted by atomic mass is 9.68. The summed E-state index contributed by atoms with van der Waals surface area (Å²) in [5.74, 6) is 0.606. The Hall–Kier alpha value is -2.94. The van der Waals surface area contributed by atoms with E-state index in [1.807, 2.05) is 23.1 Å². The van der Waals surface area contributed by atoms with Crippen LogP contribution in [0.15, 0.2) is 42.5 Å². The third-order valence-corrected chi connectivity index (χ3v) is 8.88. The molecule has 4 heterocycles. The highest BCUT2D eigenvalue weighted by molar-refractivity contribution is 5.89. The molecule has 0 radical (unpaired) electrons. The fourth-order valence-corrected chi connectivity index (χ4v) is 6.86. The standard InChI is InChI=1S/C30H36FN3O4/c1-37-23-5-6-24-25(16-23)32-28-26(18-35)34(29(36)21-7-13-38-14-8-21)19-30(27(24)28)9-11-33(12-10-30)17-20-3-2-4-22(31)15-20/h2-6,15-16,21,26,32,35H,7-14,17-19H2,1H3/t26-/m1/s1. The van der Waals surface area contributed by atoms with Crippen LogP contribution in [0.1, 0.15) is 48.5 Å². The first-order valence-electron chi connectivity index (χ1n) is 13.7. The van der Waals surface area contributed by atoms with Gasteiger partial charge in [-0.05, 0) is 74.2 Å². The number of aromatic nitrogens is 1. The maximum atomic E-state index is 13.9. The number of hydrogen-bond donors (Lipinski definition) is 2. The van der Waals surface area contributed by atoms with E-state index in [0.29, 0.717) is 26.3 Å². The van der Waals surface area contributed by atoms with Crippen molar-refractivity contribution in [3.05, 3.63) is 65.1 Å². The number of H-pyrrole nitrogens is 1. The molecule has 6 rings (SSSR count). The second kappa shape index (κ2) is 10.3. The van der Waals surface area contributed by atoms with Gasteiger partial charge in [0.25, 0.3) is 0 Å². The smallest absolute Gasteiger partial charge is 0.226 e. The number of likely N-dealkylation sites (tertiary alicyclic amines) is 1. The predicted molar refractivity (Wildman–Crippen MR) is 143 cm³/mol. The van der Waals surface area contributed by atoms with Gasteiger partial charge in [0.2, 0.25) is 5.91 Å². The van der Waals surface area contributed by atoms with E-state index in [1.165, 1.54) is 11.6 Å². The number of methoxy groups -OCH3 is 1. The van der Waals surface area contributed by atoms with Crippen molar-refractivity contribution in [2.45, 2.75) is 43.7 Å². The molecule has 3 aliphatic heterocycles. The molecule has 1 aromatic heterocycles. The van der Waals surface area contributed by atoms with Crippen molar-refractivity contribution >= 4 is 16.8 Å². The number of piperidine rings is 1. The number of aromatic amines is 1. The van der Waals surface area contributed by atoms with Crippen LogP contribution in [0.4, 0.5) is 4.39 Å². The van der Waals surface area contributed by atoms with E-state index in [1.54, 1.807) is 19.2 Å². The Labute approximate surface area is 222 Å². The van der Waals surface area contributed by atoms with Crippen LogP contribution in [-0.4, -0.2) is 72.4 Å². The molecule has 8 heteroatoms. The zero-order valence-electron chi connectivity index (χ0n) is 21.9. The SMILES string of the molecule is COc1ccc2c3c([nH]c2c1)[C@@H](CO)N(C(=O)C1CCOCC1)CC31CCN(Cc2cccc(F)c2)CC1. The van der Waals surface area contributed by atoms with Crippen LogP contribution >= 0.6 is 0 Å². The van der Waals surface area contributed by atoms with Crippen molar-refractivity contribution in [3.8, 4) is 5.75 Å². The van der Waals surface area contributed by atoms with Gasteiger partial charge in [-0.1, -0.05) is 12.1 Å².